The van der Waals surface area contributed by atoms with Crippen LogP contribution in [-0.4, -0.2) is 65.3 Å². The number of anilines is 1. The van der Waals surface area contributed by atoms with Crippen LogP contribution in [0.1, 0.15) is 28.7 Å². The lowest BCUT2D eigenvalue weighted by Crippen LogP contribution is -2.66. The molecule has 0 radical (unpaired) electrons. The maximum atomic E-state index is 13.6. The maximum Gasteiger partial charge on any atom is 0.328 e. The monoisotopic (exact) mass is 433 g/mol. The number of fused-ring (bicyclic) bond motifs is 3. The highest BCUT2D eigenvalue weighted by atomic mass is 16.2. The van der Waals surface area contributed by atoms with Gasteiger partial charge in [-0.2, -0.15) is 0 Å². The van der Waals surface area contributed by atoms with Crippen molar-refractivity contribution in [3.8, 4) is 0 Å². The second-order valence-corrected chi connectivity index (χ2v) is 9.29. The summed E-state index contributed by atoms with van der Waals surface area (Å²) in [5.74, 6) is -0.114. The number of imide groups is 1. The first-order valence-corrected chi connectivity index (χ1v) is 11.3. The molecule has 3 atom stereocenters. The minimum atomic E-state index is -0.387. The topological polar surface area (TPSA) is 59.1 Å². The van der Waals surface area contributed by atoms with Crippen molar-refractivity contribution in [1.82, 2.24) is 20.0 Å². The van der Waals surface area contributed by atoms with Crippen LogP contribution < -0.4 is 10.2 Å². The summed E-state index contributed by atoms with van der Waals surface area (Å²) in [4.78, 5) is 34.5. The molecule has 32 heavy (non-hydrogen) atoms. The highest BCUT2D eigenvalue weighted by Crippen LogP contribution is 2.34. The predicted octanol–water partition coefficient (Wildman–Crippen LogP) is 2.80. The van der Waals surface area contributed by atoms with Gasteiger partial charge in [-0.25, -0.2) is 4.79 Å². The van der Waals surface area contributed by atoms with Crippen LogP contribution in [0.4, 0.5) is 10.5 Å². The summed E-state index contributed by atoms with van der Waals surface area (Å²) in [7, 11) is 1.79. The van der Waals surface area contributed by atoms with E-state index < -0.39 is 0 Å². The molecule has 3 unspecified atom stereocenters. The molecule has 2 aromatic rings. The van der Waals surface area contributed by atoms with Crippen LogP contribution in [0.15, 0.2) is 42.5 Å². The molecular formula is C25H31N5O2. The Kier molecular flexibility index (Phi) is 5.18. The van der Waals surface area contributed by atoms with E-state index in [9.17, 15) is 9.59 Å². The third kappa shape index (κ3) is 3.36. The molecule has 0 spiro atoms. The molecule has 3 fully saturated rings. The van der Waals surface area contributed by atoms with Crippen LogP contribution in [0.2, 0.25) is 0 Å². The third-order valence-electron chi connectivity index (χ3n) is 7.12. The van der Waals surface area contributed by atoms with Crippen molar-refractivity contribution in [3.05, 3.63) is 64.7 Å². The molecule has 3 heterocycles. The Bertz CT molecular complexity index is 1070. The Morgan fingerprint density at radius 2 is 1.81 bits per heavy atom. The zero-order valence-electron chi connectivity index (χ0n) is 19.2. The molecule has 3 amide bonds. The first-order chi connectivity index (χ1) is 15.3. The summed E-state index contributed by atoms with van der Waals surface area (Å²) in [6.45, 7) is 8.30. The number of nitrogens with zero attached hydrogens (tertiary/aromatic N) is 4. The minimum absolute atomic E-state index is 0.112. The quantitative estimate of drug-likeness (QED) is 0.807. The molecule has 1 N–H and O–H groups in total. The first-order valence-electron chi connectivity index (χ1n) is 11.3. The number of aryl methyl sites for hydroxylation is 3. The van der Waals surface area contributed by atoms with Crippen molar-refractivity contribution in [3.63, 3.8) is 0 Å². The van der Waals surface area contributed by atoms with Crippen molar-refractivity contribution >= 4 is 17.6 Å². The predicted molar refractivity (Wildman–Crippen MR) is 124 cm³/mol. The Hall–Kier alpha value is -2.90. The molecule has 2 aromatic carbocycles. The molecule has 7 nitrogen and oxygen atoms in total. The summed E-state index contributed by atoms with van der Waals surface area (Å²) < 4.78 is 0. The average molecular weight is 434 g/mol. The van der Waals surface area contributed by atoms with Gasteiger partial charge < -0.3 is 9.80 Å². The lowest BCUT2D eigenvalue weighted by Gasteiger charge is -2.44. The van der Waals surface area contributed by atoms with E-state index in [1.807, 2.05) is 31.2 Å². The van der Waals surface area contributed by atoms with Crippen LogP contribution in [0.5, 0.6) is 0 Å². The van der Waals surface area contributed by atoms with Crippen molar-refractivity contribution in [2.24, 2.45) is 0 Å². The summed E-state index contributed by atoms with van der Waals surface area (Å²) in [6, 6.07) is 13.9. The smallest absolute Gasteiger partial charge is 0.328 e. The number of carbonyl (C=O) groups excluding carboxylic acids is 2. The van der Waals surface area contributed by atoms with Crippen molar-refractivity contribution in [2.75, 3.05) is 25.0 Å². The fourth-order valence-corrected chi connectivity index (χ4v) is 5.23. The molecule has 168 valence electrons. The third-order valence-corrected chi connectivity index (χ3v) is 7.12. The van der Waals surface area contributed by atoms with Gasteiger partial charge in [0.2, 0.25) is 0 Å². The van der Waals surface area contributed by atoms with Gasteiger partial charge >= 0.3 is 6.03 Å². The van der Waals surface area contributed by atoms with E-state index in [-0.39, 0.29) is 30.4 Å². The molecule has 5 rings (SSSR count). The fraction of sp³-hybridized carbons (Fsp3) is 0.440. The second kappa shape index (κ2) is 7.90. The van der Waals surface area contributed by atoms with E-state index in [1.165, 1.54) is 16.0 Å². The zero-order chi connectivity index (χ0) is 22.6. The number of hydrogen-bond acceptors (Lipinski definition) is 5. The zero-order valence-corrected chi connectivity index (χ0v) is 19.2. The molecular weight excluding hydrogens is 402 g/mol. The van der Waals surface area contributed by atoms with Gasteiger partial charge in [-0.05, 0) is 56.0 Å². The van der Waals surface area contributed by atoms with Crippen LogP contribution in [0.3, 0.4) is 0 Å². The summed E-state index contributed by atoms with van der Waals surface area (Å²) >= 11 is 0. The van der Waals surface area contributed by atoms with E-state index in [0.29, 0.717) is 6.54 Å². The van der Waals surface area contributed by atoms with E-state index in [4.69, 9.17) is 0 Å². The Morgan fingerprint density at radius 3 is 2.56 bits per heavy atom. The number of likely N-dealkylation sites (N-methyl/N-ethyl adjacent to an activating group) is 1. The van der Waals surface area contributed by atoms with E-state index in [0.717, 1.165) is 36.3 Å². The van der Waals surface area contributed by atoms with Gasteiger partial charge in [0.15, 0.2) is 0 Å². The summed E-state index contributed by atoms with van der Waals surface area (Å²) in [5, 5.41) is 3.59. The lowest BCUT2D eigenvalue weighted by atomic mass is 10.1. The number of nitrogens with one attached hydrogen (secondary N) is 1. The van der Waals surface area contributed by atoms with E-state index in [1.54, 1.807) is 11.9 Å². The van der Waals surface area contributed by atoms with Crippen molar-refractivity contribution in [1.29, 1.82) is 0 Å². The number of urea groups is 1. The number of benzene rings is 2. The van der Waals surface area contributed by atoms with Crippen LogP contribution >= 0.6 is 0 Å². The highest BCUT2D eigenvalue weighted by Gasteiger charge is 2.56. The van der Waals surface area contributed by atoms with Gasteiger partial charge in [0.25, 0.3) is 5.91 Å². The number of amides is 3. The minimum Gasteiger partial charge on any atom is -0.343 e. The Labute approximate surface area is 189 Å². The van der Waals surface area contributed by atoms with E-state index >= 15 is 0 Å². The van der Waals surface area contributed by atoms with Gasteiger partial charge in [0.1, 0.15) is 18.5 Å². The van der Waals surface area contributed by atoms with Crippen molar-refractivity contribution < 1.29 is 9.59 Å². The Balaban J connectivity index is 1.44. The molecule has 0 bridgehead atoms. The SMILES string of the molecule is Cc1cccc(CN2C(=O)C3C(NC4N(c5ccc(C)c(C)c5)CCCN34)N(C)C2=O)c1. The molecule has 7 heteroatoms. The van der Waals surface area contributed by atoms with Gasteiger partial charge in [0.05, 0.1) is 6.54 Å². The average Bonchev–Trinajstić information content (AvgIpc) is 3.17. The van der Waals surface area contributed by atoms with Gasteiger partial charge in [-0.15, -0.1) is 0 Å². The summed E-state index contributed by atoms with van der Waals surface area (Å²) in [5.41, 5.74) is 5.75. The number of rotatable bonds is 3. The summed E-state index contributed by atoms with van der Waals surface area (Å²) in [6.07, 6.45) is 0.525. The normalized spacial score (nSPS) is 25.9. The molecule has 0 aliphatic carbocycles. The van der Waals surface area contributed by atoms with Crippen molar-refractivity contribution in [2.45, 2.75) is 52.2 Å². The highest BCUT2D eigenvalue weighted by molar-refractivity contribution is 6.00. The van der Waals surface area contributed by atoms with Crippen LogP contribution in [0.25, 0.3) is 0 Å². The number of hydrogen-bond donors (Lipinski definition) is 1. The Morgan fingerprint density at radius 1 is 1.00 bits per heavy atom. The largest absolute Gasteiger partial charge is 0.343 e. The van der Waals surface area contributed by atoms with E-state index in [2.05, 4.69) is 47.2 Å². The second-order valence-electron chi connectivity index (χ2n) is 9.29. The van der Waals surface area contributed by atoms with Crippen LogP contribution in [0, 0.1) is 20.8 Å². The lowest BCUT2D eigenvalue weighted by molar-refractivity contribution is -0.139. The van der Waals surface area contributed by atoms with Gasteiger partial charge in [0, 0.05) is 25.8 Å². The standard InChI is InChI=1S/C25H31N5O2/c1-16-7-5-8-19(13-16)15-30-23(31)21-22(27(4)25(30)32)26-24-28(11-6-12-29(21)24)20-10-9-17(2)18(3)14-20/h5,7-10,13-14,21-22,24,26H,6,11-12,15H2,1-4H3. The van der Waals surface area contributed by atoms with Gasteiger partial charge in [-0.1, -0.05) is 35.9 Å². The van der Waals surface area contributed by atoms with Crippen LogP contribution in [-0.2, 0) is 11.3 Å². The molecule has 3 aliphatic rings. The number of carbonyl (C=O) groups is 2. The van der Waals surface area contributed by atoms with Gasteiger partial charge in [-0.3, -0.25) is 19.9 Å². The molecule has 3 aliphatic heterocycles. The maximum absolute atomic E-state index is 13.6. The first kappa shape index (κ1) is 21.0. The molecule has 0 aromatic heterocycles. The fourth-order valence-electron chi connectivity index (χ4n) is 5.23. The molecule has 0 saturated carbocycles. The molecule has 3 saturated heterocycles.